The van der Waals surface area contributed by atoms with Crippen LogP contribution >= 0.6 is 0 Å². The van der Waals surface area contributed by atoms with Crippen LogP contribution in [-0.4, -0.2) is 24.5 Å². The number of aromatic nitrogens is 5. The number of nitrogens with zero attached hydrogens (tertiary/aromatic N) is 5. The van der Waals surface area contributed by atoms with Crippen LogP contribution in [0.5, 0.6) is 0 Å². The molecular formula is C10H16N6. The van der Waals surface area contributed by atoms with Crippen molar-refractivity contribution in [3.63, 3.8) is 0 Å². The first-order valence-electron chi connectivity index (χ1n) is 5.30. The molecule has 2 heterocycles. The highest BCUT2D eigenvalue weighted by molar-refractivity contribution is 5.03. The second-order valence-electron chi connectivity index (χ2n) is 3.96. The van der Waals surface area contributed by atoms with Crippen LogP contribution in [-0.2, 0) is 13.1 Å². The van der Waals surface area contributed by atoms with E-state index >= 15 is 0 Å². The van der Waals surface area contributed by atoms with Crippen LogP contribution in [0.15, 0.2) is 18.7 Å². The van der Waals surface area contributed by atoms with Crippen LogP contribution in [0.1, 0.15) is 31.3 Å². The smallest absolute Gasteiger partial charge is 0.148 e. The average molecular weight is 220 g/mol. The maximum Gasteiger partial charge on any atom is 0.148 e. The molecule has 2 rings (SSSR count). The summed E-state index contributed by atoms with van der Waals surface area (Å²) in [5.74, 6) is 0.904. The minimum absolute atomic E-state index is 0.307. The number of rotatable bonds is 4. The fourth-order valence-corrected chi connectivity index (χ4v) is 1.56. The predicted octanol–water partition coefficient (Wildman–Crippen LogP) is 0.562. The molecule has 0 unspecified atom stereocenters. The molecule has 0 fully saturated rings. The van der Waals surface area contributed by atoms with Crippen molar-refractivity contribution in [3.8, 4) is 0 Å². The molecular weight excluding hydrogens is 204 g/mol. The van der Waals surface area contributed by atoms with Gasteiger partial charge in [-0.25, -0.2) is 9.67 Å². The Morgan fingerprint density at radius 2 is 2.19 bits per heavy atom. The molecule has 6 nitrogen and oxygen atoms in total. The highest BCUT2D eigenvalue weighted by atomic mass is 15.4. The van der Waals surface area contributed by atoms with Crippen LogP contribution in [0, 0.1) is 0 Å². The third-order valence-electron chi connectivity index (χ3n) is 2.36. The van der Waals surface area contributed by atoms with E-state index in [1.165, 1.54) is 0 Å². The highest BCUT2D eigenvalue weighted by Gasteiger charge is 2.08. The third kappa shape index (κ3) is 2.11. The second-order valence-corrected chi connectivity index (χ2v) is 3.96. The van der Waals surface area contributed by atoms with E-state index in [1.54, 1.807) is 12.5 Å². The molecule has 2 aromatic heterocycles. The lowest BCUT2D eigenvalue weighted by atomic mass is 10.4. The molecule has 0 aliphatic heterocycles. The molecule has 0 aliphatic rings. The lowest BCUT2D eigenvalue weighted by molar-refractivity contribution is 0.488. The fourth-order valence-electron chi connectivity index (χ4n) is 1.56. The van der Waals surface area contributed by atoms with Gasteiger partial charge in [-0.1, -0.05) is 0 Å². The van der Waals surface area contributed by atoms with Crippen LogP contribution in [0.4, 0.5) is 0 Å². The molecule has 16 heavy (non-hydrogen) atoms. The predicted molar refractivity (Wildman–Crippen MR) is 59.6 cm³/mol. The number of nitrogens with two attached hydrogens (primary N) is 1. The lowest BCUT2D eigenvalue weighted by Gasteiger charge is -2.08. The third-order valence-corrected chi connectivity index (χ3v) is 2.36. The van der Waals surface area contributed by atoms with Crippen LogP contribution < -0.4 is 5.73 Å². The minimum atomic E-state index is 0.307. The van der Waals surface area contributed by atoms with Gasteiger partial charge in [-0.15, -0.1) is 0 Å². The van der Waals surface area contributed by atoms with E-state index in [9.17, 15) is 0 Å². The van der Waals surface area contributed by atoms with E-state index in [1.807, 2.05) is 15.6 Å². The van der Waals surface area contributed by atoms with Crippen LogP contribution in [0.3, 0.4) is 0 Å². The Morgan fingerprint density at radius 1 is 1.38 bits per heavy atom. The maximum absolute atomic E-state index is 5.53. The number of hydrogen-bond donors (Lipinski definition) is 1. The molecule has 0 aliphatic carbocycles. The summed E-state index contributed by atoms with van der Waals surface area (Å²) in [5.41, 5.74) is 6.55. The van der Waals surface area contributed by atoms with Crippen molar-refractivity contribution in [2.45, 2.75) is 33.0 Å². The van der Waals surface area contributed by atoms with Crippen molar-refractivity contribution >= 4 is 0 Å². The molecule has 0 bridgehead atoms. The summed E-state index contributed by atoms with van der Waals surface area (Å²) in [6, 6.07) is 0.307. The molecule has 0 spiro atoms. The summed E-state index contributed by atoms with van der Waals surface area (Å²) in [6.45, 7) is 5.29. The zero-order valence-corrected chi connectivity index (χ0v) is 9.54. The van der Waals surface area contributed by atoms with Crippen molar-refractivity contribution in [1.29, 1.82) is 0 Å². The summed E-state index contributed by atoms with van der Waals surface area (Å²) in [4.78, 5) is 4.23. The molecule has 0 amide bonds. The van der Waals surface area contributed by atoms with Crippen LogP contribution in [0.25, 0.3) is 0 Å². The van der Waals surface area contributed by atoms with Gasteiger partial charge in [0.25, 0.3) is 0 Å². The van der Waals surface area contributed by atoms with Crippen molar-refractivity contribution in [2.24, 2.45) is 5.73 Å². The van der Waals surface area contributed by atoms with Gasteiger partial charge in [0.15, 0.2) is 0 Å². The summed E-state index contributed by atoms with van der Waals surface area (Å²) in [5, 5.41) is 8.40. The van der Waals surface area contributed by atoms with Gasteiger partial charge in [-0.3, -0.25) is 4.68 Å². The number of hydrogen-bond acceptors (Lipinski definition) is 4. The van der Waals surface area contributed by atoms with Gasteiger partial charge < -0.3 is 5.73 Å². The molecule has 0 saturated heterocycles. The van der Waals surface area contributed by atoms with E-state index in [2.05, 4.69) is 29.0 Å². The SMILES string of the molecule is CC(C)n1ncnc1Cn1cc(CN)cn1. The summed E-state index contributed by atoms with van der Waals surface area (Å²) >= 11 is 0. The monoisotopic (exact) mass is 220 g/mol. The second kappa shape index (κ2) is 4.44. The minimum Gasteiger partial charge on any atom is -0.326 e. The molecule has 6 heteroatoms. The maximum atomic E-state index is 5.53. The molecule has 2 aromatic rings. The molecule has 86 valence electrons. The van der Waals surface area contributed by atoms with Gasteiger partial charge in [-0.2, -0.15) is 10.2 Å². The largest absolute Gasteiger partial charge is 0.326 e. The van der Waals surface area contributed by atoms with E-state index in [-0.39, 0.29) is 0 Å². The van der Waals surface area contributed by atoms with E-state index in [0.29, 0.717) is 19.1 Å². The first-order valence-corrected chi connectivity index (χ1v) is 5.30. The summed E-state index contributed by atoms with van der Waals surface area (Å²) < 4.78 is 3.72. The van der Waals surface area contributed by atoms with E-state index < -0.39 is 0 Å². The zero-order chi connectivity index (χ0) is 11.5. The Morgan fingerprint density at radius 3 is 2.81 bits per heavy atom. The molecule has 0 saturated carbocycles. The van der Waals surface area contributed by atoms with Crippen molar-refractivity contribution in [3.05, 3.63) is 30.1 Å². The molecule has 0 atom stereocenters. The Balaban J connectivity index is 2.17. The van der Waals surface area contributed by atoms with Crippen LogP contribution in [0.2, 0.25) is 0 Å². The van der Waals surface area contributed by atoms with Gasteiger partial charge in [0, 0.05) is 24.3 Å². The first-order chi connectivity index (χ1) is 7.70. The van der Waals surface area contributed by atoms with Gasteiger partial charge in [0.05, 0.1) is 6.20 Å². The quantitative estimate of drug-likeness (QED) is 0.817. The van der Waals surface area contributed by atoms with Gasteiger partial charge in [0.2, 0.25) is 0 Å². The van der Waals surface area contributed by atoms with Crippen molar-refractivity contribution < 1.29 is 0 Å². The van der Waals surface area contributed by atoms with Gasteiger partial charge >= 0.3 is 0 Å². The molecule has 0 aromatic carbocycles. The Kier molecular flexibility index (Phi) is 3.00. The first kappa shape index (κ1) is 10.8. The Hall–Kier alpha value is -1.69. The van der Waals surface area contributed by atoms with Crippen molar-refractivity contribution in [1.82, 2.24) is 24.5 Å². The standard InChI is InChI=1S/C10H16N6/c1-8(2)16-10(12-7-14-16)6-15-5-9(3-11)4-13-15/h4-5,7-8H,3,6,11H2,1-2H3. The summed E-state index contributed by atoms with van der Waals surface area (Å²) in [7, 11) is 0. The topological polar surface area (TPSA) is 74.5 Å². The Labute approximate surface area is 94.1 Å². The van der Waals surface area contributed by atoms with E-state index in [0.717, 1.165) is 11.4 Å². The fraction of sp³-hybridized carbons (Fsp3) is 0.500. The zero-order valence-electron chi connectivity index (χ0n) is 9.54. The molecule has 2 N–H and O–H groups in total. The van der Waals surface area contributed by atoms with Gasteiger partial charge in [-0.05, 0) is 13.8 Å². The molecule has 0 radical (unpaired) electrons. The summed E-state index contributed by atoms with van der Waals surface area (Å²) in [6.07, 6.45) is 5.28. The van der Waals surface area contributed by atoms with Gasteiger partial charge in [0.1, 0.15) is 18.7 Å². The average Bonchev–Trinajstić information content (AvgIpc) is 2.87. The lowest BCUT2D eigenvalue weighted by Crippen LogP contribution is -2.12. The normalized spacial score (nSPS) is 11.2. The highest BCUT2D eigenvalue weighted by Crippen LogP contribution is 2.07. The Bertz CT molecular complexity index is 455. The van der Waals surface area contributed by atoms with Crippen molar-refractivity contribution in [2.75, 3.05) is 0 Å². The van der Waals surface area contributed by atoms with E-state index in [4.69, 9.17) is 5.73 Å².